The van der Waals surface area contributed by atoms with Gasteiger partial charge in [0.1, 0.15) is 47.7 Å². The van der Waals surface area contributed by atoms with Gasteiger partial charge in [-0.15, -0.1) is 5.10 Å². The molecule has 11 atom stereocenters. The number of nitrogens with two attached hydrogens (primary N) is 1. The van der Waals surface area contributed by atoms with Crippen LogP contribution in [0.25, 0.3) is 22.3 Å². The molecule has 5 aliphatic rings. The minimum absolute atomic E-state index is 0.0172. The molecule has 5 fully saturated rings. The van der Waals surface area contributed by atoms with Gasteiger partial charge in [0.05, 0.1) is 32.2 Å². The number of imidazole rings is 1. The zero-order chi connectivity index (χ0) is 31.7. The lowest BCUT2D eigenvalue weighted by Gasteiger charge is -2.35. The van der Waals surface area contributed by atoms with Crippen LogP contribution >= 0.6 is 15.3 Å². The first-order valence-electron chi connectivity index (χ1n) is 14.2. The summed E-state index contributed by atoms with van der Waals surface area (Å²) in [6.07, 6.45) is -1.69. The van der Waals surface area contributed by atoms with Crippen LogP contribution in [-0.2, 0) is 39.4 Å². The van der Waals surface area contributed by atoms with Crippen LogP contribution in [0.4, 0.5) is 5.82 Å². The van der Waals surface area contributed by atoms with Gasteiger partial charge < -0.3 is 48.7 Å². The molecule has 4 aromatic rings. The van der Waals surface area contributed by atoms with E-state index in [1.807, 2.05) is 0 Å². The minimum atomic E-state index is -3.98. The highest BCUT2D eigenvalue weighted by Crippen LogP contribution is 2.71. The molecule has 20 nitrogen and oxygen atoms in total. The average molecular weight is 697 g/mol. The maximum atomic E-state index is 12.4. The molecular formula is C23H26N10O10P2S. The molecule has 3 saturated heterocycles. The highest BCUT2D eigenvalue weighted by atomic mass is 32.5. The lowest BCUT2D eigenvalue weighted by molar-refractivity contribution is -0.183. The smallest absolute Gasteiger partial charge is 0.330 e. The Labute approximate surface area is 263 Å². The van der Waals surface area contributed by atoms with Crippen LogP contribution < -0.4 is 11.3 Å². The standard InChI is InChI=1S/C23H26N10O10P2S/c1-8-28-19-11(20(35)29-8)30-31-33(19)12-9-2-22(9)3-40-45(37,46)43-16-14-21(32-7-27-10-17(24)25-6-26-18(10)32)41-23(16,4-38-14)5-39-44(36)42-15(22)13(12)34/h6-7,9,12-16,21,34,36H,2-5H2,1H3,(H,37,46)(H2,24,25,26)(H,28,29,35)/t9-,12-,13+,14-,15+,16+,21-,22-,23-,44?,45?/m1/s1. The summed E-state index contributed by atoms with van der Waals surface area (Å²) in [7, 11) is -2.59. The lowest BCUT2D eigenvalue weighted by Crippen LogP contribution is -2.46. The number of aromatic nitrogens is 9. The van der Waals surface area contributed by atoms with Crippen molar-refractivity contribution in [2.45, 2.75) is 55.6 Å². The Balaban J connectivity index is 1.03. The van der Waals surface area contributed by atoms with Crippen molar-refractivity contribution in [3.05, 3.63) is 28.8 Å². The number of aryl methyl sites for hydroxylation is 1. The Morgan fingerprint density at radius 1 is 1.20 bits per heavy atom. The van der Waals surface area contributed by atoms with Crippen LogP contribution in [0.3, 0.4) is 0 Å². The van der Waals surface area contributed by atoms with E-state index in [1.54, 1.807) is 11.5 Å². The first-order valence-corrected chi connectivity index (χ1v) is 17.9. The molecule has 23 heteroatoms. The van der Waals surface area contributed by atoms with Gasteiger partial charge in [0, 0.05) is 5.41 Å². The molecule has 6 N–H and O–H groups in total. The van der Waals surface area contributed by atoms with Gasteiger partial charge in [-0.05, 0) is 31.1 Å². The molecule has 2 unspecified atom stereocenters. The molecule has 4 aromatic heterocycles. The highest BCUT2D eigenvalue weighted by molar-refractivity contribution is 8.07. The number of hydrogen-bond donors (Lipinski definition) is 5. The van der Waals surface area contributed by atoms with Crippen molar-refractivity contribution in [1.29, 1.82) is 0 Å². The van der Waals surface area contributed by atoms with Crippen molar-refractivity contribution in [1.82, 2.24) is 44.5 Å². The number of ether oxygens (including phenoxy) is 2. The Bertz CT molecular complexity index is 2010. The van der Waals surface area contributed by atoms with E-state index in [9.17, 15) is 19.7 Å². The third-order valence-corrected chi connectivity index (χ3v) is 11.8. The second-order valence-electron chi connectivity index (χ2n) is 12.1. The molecule has 2 bridgehead atoms. The summed E-state index contributed by atoms with van der Waals surface area (Å²) in [6.45, 7) is -2.84. The number of nitrogens with zero attached hydrogens (tertiary/aromatic N) is 8. The summed E-state index contributed by atoms with van der Waals surface area (Å²) < 4.78 is 39.4. The van der Waals surface area contributed by atoms with E-state index >= 15 is 0 Å². The molecule has 9 rings (SSSR count). The number of rotatable bonds is 2. The zero-order valence-corrected chi connectivity index (χ0v) is 26.3. The van der Waals surface area contributed by atoms with Crippen LogP contribution in [0.5, 0.6) is 0 Å². The van der Waals surface area contributed by atoms with Gasteiger partial charge in [-0.3, -0.25) is 13.9 Å². The van der Waals surface area contributed by atoms with Crippen molar-refractivity contribution >= 4 is 55.3 Å². The molecule has 0 radical (unpaired) electrons. The van der Waals surface area contributed by atoms with E-state index in [-0.39, 0.29) is 42.7 Å². The quantitative estimate of drug-likeness (QED) is 0.159. The highest BCUT2D eigenvalue weighted by Gasteiger charge is 2.74. The molecule has 46 heavy (non-hydrogen) atoms. The lowest BCUT2D eigenvalue weighted by atomic mass is 10.0. The van der Waals surface area contributed by atoms with Gasteiger partial charge >= 0.3 is 15.3 Å². The molecule has 7 heterocycles. The van der Waals surface area contributed by atoms with E-state index in [1.165, 1.54) is 17.3 Å². The zero-order valence-electron chi connectivity index (χ0n) is 23.7. The predicted octanol–water partition coefficient (Wildman–Crippen LogP) is -0.913. The number of fused-ring (bicyclic) bond motifs is 2. The number of nitrogens with one attached hydrogen (secondary N) is 1. The second kappa shape index (κ2) is 9.94. The van der Waals surface area contributed by atoms with Gasteiger partial charge in [-0.2, -0.15) is 0 Å². The number of nitrogen functional groups attached to an aromatic ring is 1. The number of H-pyrrole nitrogens is 1. The van der Waals surface area contributed by atoms with Crippen molar-refractivity contribution in [3.8, 4) is 0 Å². The third-order valence-electron chi connectivity index (χ3n) is 9.55. The monoisotopic (exact) mass is 696 g/mol. The first-order chi connectivity index (χ1) is 22.0. The van der Waals surface area contributed by atoms with E-state index in [2.05, 4.69) is 35.2 Å². The summed E-state index contributed by atoms with van der Waals surface area (Å²) in [5.74, 6) is 0.208. The van der Waals surface area contributed by atoms with Crippen molar-refractivity contribution in [2.24, 2.45) is 11.3 Å². The minimum Gasteiger partial charge on any atom is -0.388 e. The van der Waals surface area contributed by atoms with Crippen molar-refractivity contribution in [2.75, 3.05) is 25.6 Å². The van der Waals surface area contributed by atoms with Gasteiger partial charge in [0.15, 0.2) is 28.9 Å². The van der Waals surface area contributed by atoms with E-state index in [0.29, 0.717) is 23.4 Å². The fourth-order valence-corrected chi connectivity index (χ4v) is 9.80. The Morgan fingerprint density at radius 2 is 2.04 bits per heavy atom. The van der Waals surface area contributed by atoms with E-state index < -0.39 is 68.6 Å². The predicted molar refractivity (Wildman–Crippen MR) is 156 cm³/mol. The molecule has 1 spiro atoms. The normalized spacial score (nSPS) is 42.0. The Kier molecular flexibility index (Phi) is 6.37. The first kappa shape index (κ1) is 29.5. The summed E-state index contributed by atoms with van der Waals surface area (Å²) in [5.41, 5.74) is 4.21. The van der Waals surface area contributed by atoms with Gasteiger partial charge in [0.2, 0.25) is 0 Å². The number of aliphatic hydroxyl groups excluding tert-OH is 1. The maximum absolute atomic E-state index is 12.4. The van der Waals surface area contributed by atoms with Gasteiger partial charge in [-0.1, -0.05) is 5.21 Å². The average Bonchev–Trinajstić information content (AvgIpc) is 3.43. The molecule has 0 amide bonds. The largest absolute Gasteiger partial charge is 0.388 e. The SMILES string of the molecule is Cc1nc2c(nnn2[C@H]2[C@H](O)[C@@H]3OP(O)OC[C@@]45CO[C@@H]([C@H](n6cnc7c(N)ncnc76)O4)[C@@H]5OP(O)(=S)OC[C@@]34C[C@H]24)c(=O)[nH]1. The molecule has 2 saturated carbocycles. The summed E-state index contributed by atoms with van der Waals surface area (Å²) in [6, 6.07) is -0.743. The molecule has 244 valence electrons. The summed E-state index contributed by atoms with van der Waals surface area (Å²) >= 11 is 5.48. The molecule has 2 aliphatic carbocycles. The summed E-state index contributed by atoms with van der Waals surface area (Å²) in [5, 5.41) is 19.7. The van der Waals surface area contributed by atoms with E-state index in [4.69, 9.17) is 45.1 Å². The number of anilines is 1. The second-order valence-corrected chi connectivity index (χ2v) is 15.9. The maximum Gasteiger partial charge on any atom is 0.330 e. The van der Waals surface area contributed by atoms with Crippen LogP contribution in [0, 0.1) is 18.3 Å². The fraction of sp³-hybridized carbons (Fsp3) is 0.609. The van der Waals surface area contributed by atoms with Crippen LogP contribution in [0.15, 0.2) is 17.4 Å². The van der Waals surface area contributed by atoms with Crippen LogP contribution in [-0.4, -0.2) is 109 Å². The number of aromatic amines is 1. The van der Waals surface area contributed by atoms with Crippen molar-refractivity contribution < 1.29 is 42.5 Å². The third kappa shape index (κ3) is 4.15. The van der Waals surface area contributed by atoms with Gasteiger partial charge in [-0.25, -0.2) is 24.6 Å². The van der Waals surface area contributed by atoms with Crippen LogP contribution in [0.1, 0.15) is 24.5 Å². The Morgan fingerprint density at radius 3 is 2.89 bits per heavy atom. The van der Waals surface area contributed by atoms with Crippen molar-refractivity contribution in [3.63, 3.8) is 0 Å². The fourth-order valence-electron chi connectivity index (χ4n) is 7.38. The van der Waals surface area contributed by atoms with Crippen LogP contribution in [0.2, 0.25) is 0 Å². The number of hydrogen-bond acceptors (Lipinski definition) is 17. The number of aliphatic hydroxyl groups is 1. The molecular weight excluding hydrogens is 670 g/mol. The Hall–Kier alpha value is -2.65. The van der Waals surface area contributed by atoms with E-state index in [0.717, 1.165) is 0 Å². The molecule has 3 aliphatic heterocycles. The topological polar surface area (TPSA) is 262 Å². The summed E-state index contributed by atoms with van der Waals surface area (Å²) in [4.78, 5) is 54.4. The molecule has 0 aromatic carbocycles. The van der Waals surface area contributed by atoms with Gasteiger partial charge in [0.25, 0.3) is 5.56 Å².